The van der Waals surface area contributed by atoms with Gasteiger partial charge in [-0.05, 0) is 31.5 Å². The van der Waals surface area contributed by atoms with Crippen molar-refractivity contribution >= 4 is 11.8 Å². The van der Waals surface area contributed by atoms with Crippen molar-refractivity contribution in [3.05, 3.63) is 41.0 Å². The Kier molecular flexibility index (Phi) is 3.50. The van der Waals surface area contributed by atoms with E-state index in [2.05, 4.69) is 10.2 Å². The second-order valence-electron chi connectivity index (χ2n) is 4.35. The van der Waals surface area contributed by atoms with Gasteiger partial charge in [0.25, 0.3) is 0 Å². The van der Waals surface area contributed by atoms with E-state index in [1.54, 1.807) is 38.1 Å². The highest BCUT2D eigenvalue weighted by Crippen LogP contribution is 2.22. The van der Waals surface area contributed by atoms with Crippen LogP contribution in [0.25, 0.3) is 0 Å². The zero-order chi connectivity index (χ0) is 14.0. The first-order valence-electron chi connectivity index (χ1n) is 5.81. The Morgan fingerprint density at radius 2 is 2.16 bits per heavy atom. The zero-order valence-corrected chi connectivity index (χ0v) is 11.0. The van der Waals surface area contributed by atoms with Gasteiger partial charge in [-0.15, -0.1) is 5.10 Å². The molecule has 0 aromatic carbocycles. The smallest absolute Gasteiger partial charge is 0.339 e. The van der Waals surface area contributed by atoms with Crippen molar-refractivity contribution in [3.8, 4) is 0 Å². The summed E-state index contributed by atoms with van der Waals surface area (Å²) in [6.07, 6.45) is 1.58. The van der Waals surface area contributed by atoms with Crippen molar-refractivity contribution in [3.63, 3.8) is 0 Å². The van der Waals surface area contributed by atoms with Crippen LogP contribution in [0.4, 0.5) is 5.82 Å². The Morgan fingerprint density at radius 3 is 2.74 bits per heavy atom. The summed E-state index contributed by atoms with van der Waals surface area (Å²) in [5.74, 6) is 0.0719. The first-order valence-corrected chi connectivity index (χ1v) is 5.81. The molecule has 1 N–H and O–H groups in total. The van der Waals surface area contributed by atoms with E-state index in [4.69, 9.17) is 4.42 Å². The Bertz CT molecular complexity index is 593. The number of carbonyl (C=O) groups is 1. The molecule has 0 aliphatic carbocycles. The molecule has 0 aliphatic heterocycles. The molecule has 2 aromatic rings. The van der Waals surface area contributed by atoms with Crippen LogP contribution in [-0.4, -0.2) is 28.3 Å². The molecule has 100 valence electrons. The third kappa shape index (κ3) is 2.57. The van der Waals surface area contributed by atoms with E-state index >= 15 is 0 Å². The topological polar surface area (TPSA) is 79.5 Å². The normalized spacial score (nSPS) is 10.5. The number of nitrogens with zero attached hydrogens (tertiary/aromatic N) is 3. The van der Waals surface area contributed by atoms with Crippen molar-refractivity contribution in [1.82, 2.24) is 10.2 Å². The van der Waals surface area contributed by atoms with Crippen LogP contribution in [0.1, 0.15) is 27.4 Å². The highest BCUT2D eigenvalue weighted by Gasteiger charge is 2.20. The van der Waals surface area contributed by atoms with Gasteiger partial charge >= 0.3 is 5.97 Å². The van der Waals surface area contributed by atoms with Crippen LogP contribution >= 0.6 is 0 Å². The van der Waals surface area contributed by atoms with E-state index in [1.807, 2.05) is 6.07 Å². The third-order valence-electron chi connectivity index (χ3n) is 2.98. The van der Waals surface area contributed by atoms with Gasteiger partial charge in [0.1, 0.15) is 11.3 Å². The molecule has 0 atom stereocenters. The summed E-state index contributed by atoms with van der Waals surface area (Å²) in [5, 5.41) is 17.3. The number of aryl methyl sites for hydroxylation is 1. The van der Waals surface area contributed by atoms with Gasteiger partial charge in [0.2, 0.25) is 0 Å². The maximum atomic E-state index is 11.4. The van der Waals surface area contributed by atoms with Crippen molar-refractivity contribution in [2.24, 2.45) is 0 Å². The maximum Gasteiger partial charge on any atom is 0.339 e. The summed E-state index contributed by atoms with van der Waals surface area (Å²) >= 11 is 0. The van der Waals surface area contributed by atoms with Crippen LogP contribution < -0.4 is 4.90 Å². The summed E-state index contributed by atoms with van der Waals surface area (Å²) < 4.78 is 5.24. The minimum absolute atomic E-state index is 0.182. The summed E-state index contributed by atoms with van der Waals surface area (Å²) in [7, 11) is 1.76. The molecule has 0 bridgehead atoms. The second-order valence-corrected chi connectivity index (χ2v) is 4.35. The molecular formula is C13H15N3O3. The second kappa shape index (κ2) is 5.09. The fourth-order valence-electron chi connectivity index (χ4n) is 1.83. The number of carboxylic acid groups (broad SMARTS) is 1. The maximum absolute atomic E-state index is 11.4. The van der Waals surface area contributed by atoms with Crippen LogP contribution in [0.5, 0.6) is 0 Å². The highest BCUT2D eigenvalue weighted by atomic mass is 16.4. The average Bonchev–Trinajstić information content (AvgIpc) is 2.84. The molecule has 2 aromatic heterocycles. The van der Waals surface area contributed by atoms with Crippen molar-refractivity contribution in [1.29, 1.82) is 0 Å². The minimum atomic E-state index is -1.00. The van der Waals surface area contributed by atoms with Gasteiger partial charge in [0, 0.05) is 7.05 Å². The molecule has 0 amide bonds. The molecule has 0 spiro atoms. The minimum Gasteiger partial charge on any atom is -0.478 e. The molecule has 6 nitrogen and oxygen atoms in total. The lowest BCUT2D eigenvalue weighted by atomic mass is 10.1. The van der Waals surface area contributed by atoms with E-state index in [-0.39, 0.29) is 5.56 Å². The van der Waals surface area contributed by atoms with Crippen LogP contribution in [-0.2, 0) is 6.54 Å². The van der Waals surface area contributed by atoms with Gasteiger partial charge in [-0.1, -0.05) is 0 Å². The molecule has 0 fully saturated rings. The number of aromatic nitrogens is 2. The number of furan rings is 1. The quantitative estimate of drug-likeness (QED) is 0.907. The highest BCUT2D eigenvalue weighted by molar-refractivity contribution is 5.95. The summed E-state index contributed by atoms with van der Waals surface area (Å²) in [6.45, 7) is 3.91. The van der Waals surface area contributed by atoms with E-state index in [0.29, 0.717) is 23.6 Å². The first-order chi connectivity index (χ1) is 9.00. The van der Waals surface area contributed by atoms with E-state index in [0.717, 1.165) is 5.76 Å². The van der Waals surface area contributed by atoms with Crippen LogP contribution in [0, 0.1) is 13.8 Å². The van der Waals surface area contributed by atoms with Crippen LogP contribution in [0.15, 0.2) is 22.8 Å². The Balaban J connectivity index is 2.38. The van der Waals surface area contributed by atoms with Gasteiger partial charge in [-0.3, -0.25) is 0 Å². The lowest BCUT2D eigenvalue weighted by Crippen LogP contribution is -2.22. The summed E-state index contributed by atoms with van der Waals surface area (Å²) in [6, 6.07) is 3.61. The van der Waals surface area contributed by atoms with Crippen molar-refractivity contribution in [2.45, 2.75) is 20.4 Å². The molecule has 0 radical (unpaired) electrons. The number of hydrogen-bond acceptors (Lipinski definition) is 5. The molecule has 6 heteroatoms. The van der Waals surface area contributed by atoms with Gasteiger partial charge in [-0.25, -0.2) is 4.79 Å². The van der Waals surface area contributed by atoms with E-state index in [9.17, 15) is 9.90 Å². The fraction of sp³-hybridized carbons (Fsp3) is 0.308. The van der Waals surface area contributed by atoms with Crippen molar-refractivity contribution < 1.29 is 14.3 Å². The zero-order valence-electron chi connectivity index (χ0n) is 11.0. The SMILES string of the molecule is Cc1nnc(N(C)Cc2ccco2)c(C(=O)O)c1C. The molecule has 0 unspecified atom stereocenters. The number of carboxylic acids is 1. The molecule has 2 heterocycles. The molecule has 0 saturated heterocycles. The first kappa shape index (κ1) is 13.1. The van der Waals surface area contributed by atoms with Crippen LogP contribution in [0.3, 0.4) is 0 Å². The standard InChI is InChI=1S/C13H15N3O3/c1-8-9(2)14-15-12(11(8)13(17)18)16(3)7-10-5-4-6-19-10/h4-6H,7H2,1-3H3,(H,17,18). The van der Waals surface area contributed by atoms with Crippen molar-refractivity contribution in [2.75, 3.05) is 11.9 Å². The third-order valence-corrected chi connectivity index (χ3v) is 2.98. The summed E-state index contributed by atoms with van der Waals surface area (Å²) in [5.41, 5.74) is 1.43. The lowest BCUT2D eigenvalue weighted by molar-refractivity contribution is 0.0696. The Hall–Kier alpha value is -2.37. The predicted molar refractivity (Wildman–Crippen MR) is 69.3 cm³/mol. The number of rotatable bonds is 4. The number of aromatic carboxylic acids is 1. The van der Waals surface area contributed by atoms with Gasteiger partial charge in [0.15, 0.2) is 5.82 Å². The number of anilines is 1. The number of hydrogen-bond donors (Lipinski definition) is 1. The van der Waals surface area contributed by atoms with Gasteiger partial charge < -0.3 is 14.4 Å². The molecule has 0 saturated carbocycles. The molecule has 0 aliphatic rings. The summed E-state index contributed by atoms with van der Waals surface area (Å²) in [4.78, 5) is 13.1. The predicted octanol–water partition coefficient (Wildman–Crippen LogP) is 2.02. The van der Waals surface area contributed by atoms with Gasteiger partial charge in [0.05, 0.1) is 18.5 Å². The van der Waals surface area contributed by atoms with Crippen LogP contribution in [0.2, 0.25) is 0 Å². The van der Waals surface area contributed by atoms with Gasteiger partial charge in [-0.2, -0.15) is 5.10 Å². The molecule has 2 rings (SSSR count). The fourth-order valence-corrected chi connectivity index (χ4v) is 1.83. The van der Waals surface area contributed by atoms with E-state index < -0.39 is 5.97 Å². The molecular weight excluding hydrogens is 246 g/mol. The largest absolute Gasteiger partial charge is 0.478 e. The van der Waals surface area contributed by atoms with E-state index in [1.165, 1.54) is 0 Å². The monoisotopic (exact) mass is 261 g/mol. The Labute approximate surface area is 110 Å². The molecule has 19 heavy (non-hydrogen) atoms. The Morgan fingerprint density at radius 1 is 1.42 bits per heavy atom. The average molecular weight is 261 g/mol. The lowest BCUT2D eigenvalue weighted by Gasteiger charge is -2.19.